The highest BCUT2D eigenvalue weighted by molar-refractivity contribution is 7.48. The van der Waals surface area contributed by atoms with Gasteiger partial charge >= 0.3 is 13.5 Å². The number of hydrogen-bond acceptors (Lipinski definition) is 7. The van der Waals surface area contributed by atoms with Gasteiger partial charge in [-0.2, -0.15) is 4.39 Å². The van der Waals surface area contributed by atoms with Crippen molar-refractivity contribution in [3.63, 3.8) is 0 Å². The van der Waals surface area contributed by atoms with E-state index in [1.54, 1.807) is 0 Å². The first-order valence-electron chi connectivity index (χ1n) is 8.92. The van der Waals surface area contributed by atoms with E-state index in [4.69, 9.17) is 18.3 Å². The summed E-state index contributed by atoms with van der Waals surface area (Å²) in [5.74, 6) is -4.98. The van der Waals surface area contributed by atoms with Crippen molar-refractivity contribution in [3.05, 3.63) is 68.0 Å². The van der Waals surface area contributed by atoms with E-state index in [1.807, 2.05) is 0 Å². The van der Waals surface area contributed by atoms with E-state index in [-0.39, 0.29) is 13.0 Å². The second-order valence-corrected chi connectivity index (χ2v) is 8.54. The number of nitrogens with zero attached hydrogens (tertiary/aromatic N) is 2. The molecule has 2 aliphatic rings. The van der Waals surface area contributed by atoms with Crippen molar-refractivity contribution in [2.24, 2.45) is 7.05 Å². The van der Waals surface area contributed by atoms with E-state index in [2.05, 4.69) is 0 Å². The molecule has 4 atom stereocenters. The van der Waals surface area contributed by atoms with Crippen LogP contribution in [0.1, 0.15) is 18.2 Å². The summed E-state index contributed by atoms with van der Waals surface area (Å²) in [4.78, 5) is 23.7. The van der Waals surface area contributed by atoms with Crippen LogP contribution in [-0.2, 0) is 36.5 Å². The lowest BCUT2D eigenvalue weighted by molar-refractivity contribution is -0.0734. The molecule has 3 heterocycles. The Morgan fingerprint density at radius 3 is 2.55 bits per heavy atom. The Hall–Kier alpha value is -2.31. The first kappa shape index (κ1) is 21.9. The van der Waals surface area contributed by atoms with Gasteiger partial charge in [0.25, 0.3) is 5.56 Å². The third-order valence-electron chi connectivity index (χ3n) is 4.89. The van der Waals surface area contributed by atoms with Crippen LogP contribution < -0.4 is 11.2 Å². The summed E-state index contributed by atoms with van der Waals surface area (Å²) < 4.78 is 88.9. The van der Waals surface area contributed by atoms with Gasteiger partial charge in [-0.1, -0.05) is 0 Å². The molecule has 0 aliphatic carbocycles. The standard InChI is InChI=1S/C17H15F4N2O7P/c1-22-16(24)12(21)5-23(17(22)25)15-4-13-14(29-15)7-28-31(26,30-13)27-6-8-2-10(19)11(20)3-9(8)18/h2-3,5,13-15H,4,6-7H2,1H3/t13-,14+,15+,31?/m0/s1. The summed E-state index contributed by atoms with van der Waals surface area (Å²) in [5, 5.41) is 0. The maximum atomic E-state index is 13.8. The van der Waals surface area contributed by atoms with Crippen LogP contribution in [-0.4, -0.2) is 27.9 Å². The maximum absolute atomic E-state index is 13.8. The first-order chi connectivity index (χ1) is 14.6. The number of phosphoric acid groups is 1. The minimum atomic E-state index is -4.23. The predicted molar refractivity (Wildman–Crippen MR) is 94.0 cm³/mol. The van der Waals surface area contributed by atoms with Crippen molar-refractivity contribution < 1.29 is 40.4 Å². The molecule has 14 heteroatoms. The Kier molecular flexibility index (Phi) is 5.64. The number of rotatable bonds is 4. The van der Waals surface area contributed by atoms with Crippen LogP contribution in [0.5, 0.6) is 0 Å². The SMILES string of the molecule is Cn1c(=O)c(F)cn([C@H]2C[C@@H]3OP(=O)(OCc4cc(F)c(F)cc4F)OC[C@H]3O2)c1=O. The molecule has 0 spiro atoms. The lowest BCUT2D eigenvalue weighted by atomic mass is 10.2. The van der Waals surface area contributed by atoms with Gasteiger partial charge < -0.3 is 4.74 Å². The summed E-state index contributed by atoms with van der Waals surface area (Å²) in [6.07, 6.45) is -2.08. The summed E-state index contributed by atoms with van der Waals surface area (Å²) >= 11 is 0. The van der Waals surface area contributed by atoms with Crippen LogP contribution in [0.25, 0.3) is 0 Å². The van der Waals surface area contributed by atoms with Gasteiger partial charge in [-0.05, 0) is 6.07 Å². The molecule has 0 radical (unpaired) electrons. The van der Waals surface area contributed by atoms with Gasteiger partial charge in [-0.3, -0.25) is 27.5 Å². The Morgan fingerprint density at radius 1 is 1.10 bits per heavy atom. The van der Waals surface area contributed by atoms with Crippen LogP contribution in [0, 0.1) is 23.3 Å². The van der Waals surface area contributed by atoms with Crippen LogP contribution >= 0.6 is 7.82 Å². The Morgan fingerprint density at radius 2 is 1.81 bits per heavy atom. The zero-order chi connectivity index (χ0) is 22.5. The quantitative estimate of drug-likeness (QED) is 0.387. The molecule has 1 unspecified atom stereocenters. The van der Waals surface area contributed by atoms with Crippen LogP contribution in [0.15, 0.2) is 27.9 Å². The normalized spacial score (nSPS) is 28.0. The number of ether oxygens (including phenoxy) is 1. The topological polar surface area (TPSA) is 98.0 Å². The molecule has 2 aliphatic heterocycles. The van der Waals surface area contributed by atoms with E-state index in [9.17, 15) is 31.7 Å². The highest BCUT2D eigenvalue weighted by Crippen LogP contribution is 2.57. The summed E-state index contributed by atoms with van der Waals surface area (Å²) in [6.45, 7) is -1.02. The lowest BCUT2D eigenvalue weighted by Crippen LogP contribution is -2.40. The monoisotopic (exact) mass is 466 g/mol. The third-order valence-corrected chi connectivity index (χ3v) is 6.33. The minimum absolute atomic E-state index is 0.0571. The molecular formula is C17H15F4N2O7P. The fraction of sp³-hybridized carbons (Fsp3) is 0.412. The Bertz CT molecular complexity index is 1200. The average Bonchev–Trinajstić information content (AvgIpc) is 3.13. The van der Waals surface area contributed by atoms with Crippen LogP contribution in [0.3, 0.4) is 0 Å². The molecule has 2 fully saturated rings. The largest absolute Gasteiger partial charge is 0.475 e. The van der Waals surface area contributed by atoms with Gasteiger partial charge in [0.1, 0.15) is 24.3 Å². The molecule has 31 heavy (non-hydrogen) atoms. The Labute approximate surface area is 171 Å². The fourth-order valence-electron chi connectivity index (χ4n) is 3.24. The van der Waals surface area contributed by atoms with Crippen LogP contribution in [0.2, 0.25) is 0 Å². The minimum Gasteiger partial charge on any atom is -0.349 e. The number of hydrogen-bond donors (Lipinski definition) is 0. The molecular weight excluding hydrogens is 451 g/mol. The number of benzene rings is 1. The van der Waals surface area contributed by atoms with Gasteiger partial charge in [0.05, 0.1) is 19.4 Å². The molecule has 0 bridgehead atoms. The zero-order valence-electron chi connectivity index (χ0n) is 15.8. The van der Waals surface area contributed by atoms with Gasteiger partial charge in [0.15, 0.2) is 11.6 Å². The molecule has 0 saturated carbocycles. The highest BCUT2D eigenvalue weighted by atomic mass is 31.2. The van der Waals surface area contributed by atoms with Crippen molar-refractivity contribution in [3.8, 4) is 0 Å². The van der Waals surface area contributed by atoms with Gasteiger partial charge in [-0.15, -0.1) is 0 Å². The second kappa shape index (κ2) is 7.99. The fourth-order valence-corrected chi connectivity index (χ4v) is 4.62. The van der Waals surface area contributed by atoms with E-state index >= 15 is 0 Å². The summed E-state index contributed by atoms with van der Waals surface area (Å²) in [7, 11) is -3.13. The first-order valence-corrected chi connectivity index (χ1v) is 10.4. The van der Waals surface area contributed by atoms with Crippen LogP contribution in [0.4, 0.5) is 17.6 Å². The van der Waals surface area contributed by atoms with Crippen molar-refractivity contribution >= 4 is 7.82 Å². The van der Waals surface area contributed by atoms with E-state index in [0.717, 1.165) is 11.6 Å². The molecule has 2 aromatic rings. The van der Waals surface area contributed by atoms with E-state index in [0.29, 0.717) is 22.9 Å². The molecule has 2 saturated heterocycles. The van der Waals surface area contributed by atoms with E-state index in [1.165, 1.54) is 0 Å². The highest BCUT2D eigenvalue weighted by Gasteiger charge is 2.48. The zero-order valence-corrected chi connectivity index (χ0v) is 16.7. The molecule has 1 aromatic heterocycles. The lowest BCUT2D eigenvalue weighted by Gasteiger charge is -2.29. The third kappa shape index (κ3) is 4.11. The molecule has 4 rings (SSSR count). The van der Waals surface area contributed by atoms with Gasteiger partial charge in [0.2, 0.25) is 5.82 Å². The van der Waals surface area contributed by atoms with E-state index < -0.39 is 72.9 Å². The van der Waals surface area contributed by atoms with Gasteiger partial charge in [0, 0.05) is 25.1 Å². The Balaban J connectivity index is 1.47. The number of halogens is 4. The van der Waals surface area contributed by atoms with Crippen molar-refractivity contribution in [2.75, 3.05) is 6.61 Å². The average molecular weight is 466 g/mol. The molecule has 168 valence electrons. The van der Waals surface area contributed by atoms with Gasteiger partial charge in [-0.25, -0.2) is 22.5 Å². The van der Waals surface area contributed by atoms with Crippen molar-refractivity contribution in [1.29, 1.82) is 0 Å². The molecule has 0 amide bonds. The number of phosphoric ester groups is 1. The molecule has 0 N–H and O–H groups in total. The second-order valence-electron chi connectivity index (χ2n) is 6.91. The van der Waals surface area contributed by atoms with Crippen molar-refractivity contribution in [2.45, 2.75) is 31.5 Å². The summed E-state index contributed by atoms with van der Waals surface area (Å²) in [5.41, 5.74) is -2.33. The molecule has 1 aromatic carbocycles. The maximum Gasteiger partial charge on any atom is 0.475 e. The smallest absolute Gasteiger partial charge is 0.349 e. The van der Waals surface area contributed by atoms with Crippen molar-refractivity contribution in [1.82, 2.24) is 9.13 Å². The molecule has 9 nitrogen and oxygen atoms in total. The number of aromatic nitrogens is 2. The summed E-state index contributed by atoms with van der Waals surface area (Å²) in [6, 6.07) is 0.876. The predicted octanol–water partition coefficient (Wildman–Crippen LogP) is 2.13. The number of fused-ring (bicyclic) bond motifs is 1.